The summed E-state index contributed by atoms with van der Waals surface area (Å²) in [7, 11) is 0. The van der Waals surface area contributed by atoms with Crippen LogP contribution < -0.4 is 10.7 Å². The molecule has 0 atom stereocenters. The summed E-state index contributed by atoms with van der Waals surface area (Å²) in [5, 5.41) is 11.1. The Morgan fingerprint density at radius 2 is 1.86 bits per heavy atom. The van der Waals surface area contributed by atoms with Crippen molar-refractivity contribution in [1.29, 1.82) is 0 Å². The Balaban J connectivity index is 2.81. The number of rotatable bonds is 1. The van der Waals surface area contributed by atoms with Gasteiger partial charge in [0.2, 0.25) is 0 Å². The van der Waals surface area contributed by atoms with Crippen LogP contribution >= 0.6 is 15.9 Å². The molecular formula is C7H2BrN3O3. The van der Waals surface area contributed by atoms with Crippen molar-refractivity contribution in [2.24, 2.45) is 9.98 Å². The van der Waals surface area contributed by atoms with Crippen LogP contribution in [0.1, 0.15) is 0 Å². The summed E-state index contributed by atoms with van der Waals surface area (Å²) in [6, 6.07) is 1.99. The summed E-state index contributed by atoms with van der Waals surface area (Å²) in [5.41, 5.74) is -0.127. The van der Waals surface area contributed by atoms with Gasteiger partial charge in [0.25, 0.3) is 5.69 Å². The molecule has 2 amide bonds. The van der Waals surface area contributed by atoms with Crippen LogP contribution in [0.15, 0.2) is 26.6 Å². The molecule has 0 aliphatic carbocycles. The third-order valence-corrected chi connectivity index (χ3v) is 2.31. The van der Waals surface area contributed by atoms with E-state index in [2.05, 4.69) is 25.9 Å². The number of carbonyl (C=O) groups is 1. The van der Waals surface area contributed by atoms with Gasteiger partial charge < -0.3 is 0 Å². The monoisotopic (exact) mass is 255 g/mol. The lowest BCUT2D eigenvalue weighted by Gasteiger charge is -1.92. The lowest BCUT2D eigenvalue weighted by atomic mass is 10.3. The zero-order valence-corrected chi connectivity index (χ0v) is 8.19. The first kappa shape index (κ1) is 8.95. The fourth-order valence-corrected chi connectivity index (χ4v) is 1.57. The molecule has 7 heteroatoms. The van der Waals surface area contributed by atoms with E-state index in [-0.39, 0.29) is 15.5 Å². The van der Waals surface area contributed by atoms with E-state index in [1.165, 1.54) is 12.1 Å². The summed E-state index contributed by atoms with van der Waals surface area (Å²) in [4.78, 5) is 27.8. The molecule has 70 valence electrons. The number of carbonyl (C=O) groups excluding carboxylic acids is 1. The predicted octanol–water partition coefficient (Wildman–Crippen LogP) is 0.730. The van der Waals surface area contributed by atoms with Gasteiger partial charge in [-0.15, -0.1) is 0 Å². The van der Waals surface area contributed by atoms with Crippen LogP contribution in [-0.2, 0) is 0 Å². The van der Waals surface area contributed by atoms with Gasteiger partial charge in [-0.1, -0.05) is 0 Å². The van der Waals surface area contributed by atoms with E-state index in [9.17, 15) is 14.9 Å². The number of fused-ring (bicyclic) bond motifs is 1. The summed E-state index contributed by atoms with van der Waals surface area (Å²) in [5.74, 6) is 0. The van der Waals surface area contributed by atoms with E-state index >= 15 is 0 Å². The van der Waals surface area contributed by atoms with Gasteiger partial charge in [0, 0.05) is 6.07 Å². The Bertz CT molecular complexity index is 566. The highest BCUT2D eigenvalue weighted by Crippen LogP contribution is 2.20. The zero-order valence-electron chi connectivity index (χ0n) is 6.60. The lowest BCUT2D eigenvalue weighted by Crippen LogP contribution is -2.21. The predicted molar refractivity (Wildman–Crippen MR) is 48.5 cm³/mol. The van der Waals surface area contributed by atoms with Crippen molar-refractivity contribution in [2.45, 2.75) is 0 Å². The van der Waals surface area contributed by atoms with Gasteiger partial charge in [-0.3, -0.25) is 10.1 Å². The van der Waals surface area contributed by atoms with Crippen LogP contribution in [0, 0.1) is 10.1 Å². The molecule has 1 aromatic rings. The van der Waals surface area contributed by atoms with Crippen LogP contribution in [0.25, 0.3) is 0 Å². The largest absolute Gasteiger partial charge is 0.368 e. The normalized spacial score (nSPS) is 13.1. The molecule has 0 saturated heterocycles. The van der Waals surface area contributed by atoms with E-state index in [0.29, 0.717) is 5.36 Å². The molecule has 6 nitrogen and oxygen atoms in total. The SMILES string of the molecule is O=C1N=c2cc(Br)c([N+](=O)[O-])cc2=N1. The van der Waals surface area contributed by atoms with E-state index in [1.807, 2.05) is 0 Å². The maximum Gasteiger partial charge on any atom is 0.368 e. The van der Waals surface area contributed by atoms with Crippen molar-refractivity contribution in [2.75, 3.05) is 0 Å². The third-order valence-electron chi connectivity index (χ3n) is 1.67. The summed E-state index contributed by atoms with van der Waals surface area (Å²) in [6.45, 7) is 0. The Morgan fingerprint density at radius 1 is 1.29 bits per heavy atom. The fraction of sp³-hybridized carbons (Fsp3) is 0. The van der Waals surface area contributed by atoms with E-state index in [1.54, 1.807) is 0 Å². The van der Waals surface area contributed by atoms with Crippen LogP contribution in [0.4, 0.5) is 10.5 Å². The number of benzene rings is 1. The average molecular weight is 256 g/mol. The Kier molecular flexibility index (Phi) is 1.88. The second-order valence-corrected chi connectivity index (χ2v) is 3.41. The molecule has 14 heavy (non-hydrogen) atoms. The van der Waals surface area contributed by atoms with Gasteiger partial charge in [-0.2, -0.15) is 9.98 Å². The van der Waals surface area contributed by atoms with Crippen LogP contribution in [0.2, 0.25) is 0 Å². The van der Waals surface area contributed by atoms with E-state index < -0.39 is 11.0 Å². The number of nitro benzene ring substituents is 1. The van der Waals surface area contributed by atoms with Gasteiger partial charge in [-0.05, 0) is 22.0 Å². The number of halogens is 1. The van der Waals surface area contributed by atoms with Crippen LogP contribution in [-0.4, -0.2) is 11.0 Å². The molecule has 0 fully saturated rings. The molecule has 0 bridgehead atoms. The van der Waals surface area contributed by atoms with Gasteiger partial charge >= 0.3 is 6.03 Å². The Labute approximate surface area is 85.3 Å². The van der Waals surface area contributed by atoms with Gasteiger partial charge in [-0.25, -0.2) is 4.79 Å². The maximum absolute atomic E-state index is 10.8. The minimum atomic E-state index is -0.632. The molecule has 0 aromatic heterocycles. The number of nitrogens with zero attached hydrogens (tertiary/aromatic N) is 3. The fourth-order valence-electron chi connectivity index (χ4n) is 1.09. The topological polar surface area (TPSA) is 84.9 Å². The van der Waals surface area contributed by atoms with Crippen molar-refractivity contribution in [1.82, 2.24) is 0 Å². The molecule has 1 aliphatic heterocycles. The number of amides is 2. The van der Waals surface area contributed by atoms with Crippen molar-refractivity contribution in [3.63, 3.8) is 0 Å². The van der Waals surface area contributed by atoms with Crippen LogP contribution in [0.5, 0.6) is 0 Å². The Hall–Kier alpha value is -1.63. The lowest BCUT2D eigenvalue weighted by molar-refractivity contribution is -0.385. The number of hydrogen-bond acceptors (Lipinski definition) is 3. The van der Waals surface area contributed by atoms with E-state index in [4.69, 9.17) is 0 Å². The highest BCUT2D eigenvalue weighted by atomic mass is 79.9. The first-order valence-electron chi connectivity index (χ1n) is 3.53. The minimum absolute atomic E-state index is 0.127. The van der Waals surface area contributed by atoms with Gasteiger partial charge in [0.15, 0.2) is 0 Å². The number of urea groups is 1. The zero-order chi connectivity index (χ0) is 10.3. The van der Waals surface area contributed by atoms with Crippen molar-refractivity contribution in [3.8, 4) is 0 Å². The summed E-state index contributed by atoms with van der Waals surface area (Å²) in [6.07, 6.45) is 0. The molecule has 1 aromatic carbocycles. The quantitative estimate of drug-likeness (QED) is 0.548. The molecule has 1 aliphatic rings. The number of nitro groups is 1. The molecule has 0 unspecified atom stereocenters. The first-order chi connectivity index (χ1) is 6.58. The Morgan fingerprint density at radius 3 is 2.43 bits per heavy atom. The first-order valence-corrected chi connectivity index (χ1v) is 4.32. The van der Waals surface area contributed by atoms with Gasteiger partial charge in [0.1, 0.15) is 5.36 Å². The molecule has 0 spiro atoms. The second-order valence-electron chi connectivity index (χ2n) is 2.56. The summed E-state index contributed by atoms with van der Waals surface area (Å²) < 4.78 is 0.287. The smallest absolute Gasteiger partial charge is 0.258 e. The molecule has 1 heterocycles. The van der Waals surface area contributed by atoms with Gasteiger partial charge in [0.05, 0.1) is 14.8 Å². The highest BCUT2D eigenvalue weighted by Gasteiger charge is 2.15. The van der Waals surface area contributed by atoms with Crippen molar-refractivity contribution < 1.29 is 9.72 Å². The molecule has 0 radical (unpaired) electrons. The third kappa shape index (κ3) is 1.31. The highest BCUT2D eigenvalue weighted by molar-refractivity contribution is 9.10. The minimum Gasteiger partial charge on any atom is -0.258 e. The maximum atomic E-state index is 10.8. The standard InChI is InChI=1S/C7H2BrN3O3/c8-3-1-4-5(10-7(12)9-4)2-6(3)11(13)14/h1-2H. The summed E-state index contributed by atoms with van der Waals surface area (Å²) >= 11 is 3.02. The molecule has 2 rings (SSSR count). The van der Waals surface area contributed by atoms with Crippen LogP contribution in [0.3, 0.4) is 0 Å². The molecule has 0 saturated carbocycles. The molecule has 0 N–H and O–H groups in total. The second kappa shape index (κ2) is 2.95. The number of hydrogen-bond donors (Lipinski definition) is 0. The average Bonchev–Trinajstić information content (AvgIpc) is 2.42. The molecular weight excluding hydrogens is 254 g/mol. The van der Waals surface area contributed by atoms with Crippen molar-refractivity contribution in [3.05, 3.63) is 37.4 Å². The van der Waals surface area contributed by atoms with E-state index in [0.717, 1.165) is 0 Å². The van der Waals surface area contributed by atoms with Crippen molar-refractivity contribution >= 4 is 27.6 Å².